The van der Waals surface area contributed by atoms with Crippen molar-refractivity contribution < 1.29 is 4.79 Å². The van der Waals surface area contributed by atoms with E-state index in [9.17, 15) is 9.59 Å². The van der Waals surface area contributed by atoms with Crippen LogP contribution in [0.25, 0.3) is 11.0 Å². The van der Waals surface area contributed by atoms with E-state index in [1.807, 2.05) is 6.07 Å². The minimum Gasteiger partial charge on any atom is -0.351 e. The number of anilines is 3. The van der Waals surface area contributed by atoms with E-state index in [1.165, 1.54) is 6.20 Å². The summed E-state index contributed by atoms with van der Waals surface area (Å²) in [5.41, 5.74) is 2.14. The number of carbonyl (C=O) groups excluding carboxylic acids is 1. The zero-order valence-electron chi connectivity index (χ0n) is 15.0. The van der Waals surface area contributed by atoms with Crippen LogP contribution in [0, 0.1) is 11.3 Å². The Kier molecular flexibility index (Phi) is 4.64. The second kappa shape index (κ2) is 7.40. The maximum atomic E-state index is 12.3. The molecule has 1 aliphatic heterocycles. The van der Waals surface area contributed by atoms with Crippen molar-refractivity contribution in [1.29, 1.82) is 5.26 Å². The topological polar surface area (TPSA) is 114 Å². The van der Waals surface area contributed by atoms with Crippen molar-refractivity contribution in [2.45, 2.75) is 12.8 Å². The summed E-state index contributed by atoms with van der Waals surface area (Å²) in [6.45, 7) is 1.55. The number of urea groups is 1. The molecule has 3 aromatic rings. The third-order valence-electron chi connectivity index (χ3n) is 4.61. The van der Waals surface area contributed by atoms with Gasteiger partial charge in [-0.05, 0) is 43.2 Å². The van der Waals surface area contributed by atoms with Crippen LogP contribution in [0.5, 0.6) is 0 Å². The molecule has 0 unspecified atom stereocenters. The molecule has 3 N–H and O–H groups in total. The van der Waals surface area contributed by atoms with Gasteiger partial charge in [-0.15, -0.1) is 0 Å². The predicted molar refractivity (Wildman–Crippen MR) is 107 cm³/mol. The molecule has 3 heterocycles. The molecule has 0 spiro atoms. The fourth-order valence-corrected chi connectivity index (χ4v) is 3.20. The van der Waals surface area contributed by atoms with Crippen LogP contribution in [0.15, 0.2) is 47.4 Å². The van der Waals surface area contributed by atoms with E-state index in [-0.39, 0.29) is 11.6 Å². The molecule has 0 bridgehead atoms. The van der Waals surface area contributed by atoms with Gasteiger partial charge in [0.1, 0.15) is 17.4 Å². The number of likely N-dealkylation sites (tertiary alicyclic amines) is 1. The Morgan fingerprint density at radius 2 is 1.96 bits per heavy atom. The molecule has 1 saturated heterocycles. The molecule has 8 nitrogen and oxygen atoms in total. The highest BCUT2D eigenvalue weighted by Gasteiger charge is 2.17. The summed E-state index contributed by atoms with van der Waals surface area (Å²) in [6, 6.07) is 12.4. The second-order valence-electron chi connectivity index (χ2n) is 6.62. The van der Waals surface area contributed by atoms with E-state index >= 15 is 0 Å². The van der Waals surface area contributed by atoms with Crippen LogP contribution in [0.4, 0.5) is 21.9 Å². The molecular weight excluding hydrogens is 356 g/mol. The summed E-state index contributed by atoms with van der Waals surface area (Å²) >= 11 is 0. The Morgan fingerprint density at radius 3 is 2.75 bits per heavy atom. The number of nitrogens with one attached hydrogen (secondary N) is 3. The molecule has 1 fully saturated rings. The van der Waals surface area contributed by atoms with Gasteiger partial charge in [0.25, 0.3) is 5.56 Å². The van der Waals surface area contributed by atoms with Gasteiger partial charge in [-0.1, -0.05) is 6.07 Å². The zero-order valence-corrected chi connectivity index (χ0v) is 15.0. The van der Waals surface area contributed by atoms with Crippen molar-refractivity contribution in [3.8, 4) is 6.07 Å². The molecule has 28 heavy (non-hydrogen) atoms. The van der Waals surface area contributed by atoms with Crippen LogP contribution in [-0.4, -0.2) is 34.0 Å². The van der Waals surface area contributed by atoms with E-state index in [0.717, 1.165) is 25.9 Å². The molecule has 0 radical (unpaired) electrons. The van der Waals surface area contributed by atoms with Crippen molar-refractivity contribution in [2.24, 2.45) is 0 Å². The number of aromatic amines is 1. The number of pyridine rings is 2. The molecule has 0 atom stereocenters. The number of H-pyrrole nitrogens is 1. The van der Waals surface area contributed by atoms with Crippen LogP contribution in [0.3, 0.4) is 0 Å². The van der Waals surface area contributed by atoms with Crippen LogP contribution in [-0.2, 0) is 0 Å². The predicted octanol–water partition coefficient (Wildman–Crippen LogP) is 3.17. The third kappa shape index (κ3) is 3.64. The van der Waals surface area contributed by atoms with Gasteiger partial charge in [-0.25, -0.2) is 9.78 Å². The van der Waals surface area contributed by atoms with Crippen molar-refractivity contribution in [2.75, 3.05) is 23.7 Å². The van der Waals surface area contributed by atoms with Gasteiger partial charge in [0.05, 0.1) is 5.56 Å². The lowest BCUT2D eigenvalue weighted by Gasteiger charge is -2.16. The van der Waals surface area contributed by atoms with Gasteiger partial charge >= 0.3 is 6.03 Å². The highest BCUT2D eigenvalue weighted by molar-refractivity contribution is 5.90. The highest BCUT2D eigenvalue weighted by atomic mass is 16.2. The fraction of sp³-hybridized carbons (Fsp3) is 0.200. The molecule has 1 aliphatic rings. The Bertz CT molecular complexity index is 1140. The summed E-state index contributed by atoms with van der Waals surface area (Å²) in [5.74, 6) is 0. The lowest BCUT2D eigenvalue weighted by Crippen LogP contribution is -2.32. The normalized spacial score (nSPS) is 13.3. The number of carbonyl (C=O) groups is 1. The number of nitrogens with zero attached hydrogens (tertiary/aromatic N) is 3. The van der Waals surface area contributed by atoms with Crippen molar-refractivity contribution >= 4 is 34.1 Å². The van der Waals surface area contributed by atoms with Gasteiger partial charge in [0.2, 0.25) is 0 Å². The number of rotatable bonds is 3. The van der Waals surface area contributed by atoms with E-state index in [1.54, 1.807) is 41.3 Å². The molecule has 0 aliphatic carbocycles. The lowest BCUT2D eigenvalue weighted by atomic mass is 10.2. The van der Waals surface area contributed by atoms with Crippen LogP contribution in [0.2, 0.25) is 0 Å². The van der Waals surface area contributed by atoms with Gasteiger partial charge in [-0.2, -0.15) is 5.26 Å². The summed E-state index contributed by atoms with van der Waals surface area (Å²) in [7, 11) is 0. The third-order valence-corrected chi connectivity index (χ3v) is 4.61. The van der Waals surface area contributed by atoms with Gasteiger partial charge in [0.15, 0.2) is 0 Å². The number of nitriles is 1. The van der Waals surface area contributed by atoms with Crippen molar-refractivity contribution in [1.82, 2.24) is 14.9 Å². The zero-order chi connectivity index (χ0) is 19.5. The minimum atomic E-state index is -0.323. The van der Waals surface area contributed by atoms with Gasteiger partial charge in [0, 0.05) is 36.0 Å². The smallest absolute Gasteiger partial charge is 0.321 e. The molecular formula is C20H18N6O2. The van der Waals surface area contributed by atoms with E-state index in [2.05, 4.69) is 20.6 Å². The Labute approximate surface area is 160 Å². The van der Waals surface area contributed by atoms with Gasteiger partial charge in [-0.3, -0.25) is 4.79 Å². The van der Waals surface area contributed by atoms with E-state index < -0.39 is 0 Å². The number of hydrogen-bond acceptors (Lipinski definition) is 5. The maximum absolute atomic E-state index is 12.3. The van der Waals surface area contributed by atoms with E-state index in [4.69, 9.17) is 5.26 Å². The number of fused-ring (bicyclic) bond motifs is 1. The van der Waals surface area contributed by atoms with Crippen LogP contribution in [0.1, 0.15) is 18.4 Å². The standard InChI is InChI=1S/C20H18N6O2/c21-11-13-8-14-9-17(19(27)25-18(14)22-12-13)23-15-4-3-5-16(10-15)24-20(28)26-6-1-2-7-26/h3-5,8-10,12,23H,1-2,6-7H2,(H,24,28)(H,22,25,27). The molecule has 1 aromatic carbocycles. The molecule has 140 valence electrons. The Balaban J connectivity index is 1.57. The molecule has 2 aromatic heterocycles. The van der Waals surface area contributed by atoms with Crippen LogP contribution >= 0.6 is 0 Å². The largest absolute Gasteiger partial charge is 0.351 e. The average Bonchev–Trinajstić information content (AvgIpc) is 3.23. The quantitative estimate of drug-likeness (QED) is 0.651. The second-order valence-corrected chi connectivity index (χ2v) is 6.62. The number of aromatic nitrogens is 2. The molecule has 2 amide bonds. The monoisotopic (exact) mass is 374 g/mol. The summed E-state index contributed by atoms with van der Waals surface area (Å²) < 4.78 is 0. The highest BCUT2D eigenvalue weighted by Crippen LogP contribution is 2.21. The van der Waals surface area contributed by atoms with Crippen LogP contribution < -0.4 is 16.2 Å². The molecule has 8 heteroatoms. The lowest BCUT2D eigenvalue weighted by molar-refractivity contribution is 0.222. The summed E-state index contributed by atoms with van der Waals surface area (Å²) in [4.78, 5) is 33.2. The minimum absolute atomic E-state index is 0.117. The molecule has 0 saturated carbocycles. The van der Waals surface area contributed by atoms with E-state index in [0.29, 0.717) is 33.7 Å². The molecule has 4 rings (SSSR count). The maximum Gasteiger partial charge on any atom is 0.321 e. The number of hydrogen-bond donors (Lipinski definition) is 3. The van der Waals surface area contributed by atoms with Crippen molar-refractivity contribution in [3.63, 3.8) is 0 Å². The number of amides is 2. The number of benzene rings is 1. The summed E-state index contributed by atoms with van der Waals surface area (Å²) in [6.07, 6.45) is 3.47. The first-order chi connectivity index (χ1) is 13.6. The first kappa shape index (κ1) is 17.5. The Hall–Kier alpha value is -3.86. The SMILES string of the molecule is N#Cc1cnc2[nH]c(=O)c(Nc3cccc(NC(=O)N4CCCC4)c3)cc2c1. The van der Waals surface area contributed by atoms with Crippen molar-refractivity contribution in [3.05, 3.63) is 58.5 Å². The van der Waals surface area contributed by atoms with Gasteiger partial charge < -0.3 is 20.5 Å². The Morgan fingerprint density at radius 1 is 1.18 bits per heavy atom. The average molecular weight is 374 g/mol. The first-order valence-electron chi connectivity index (χ1n) is 8.98. The fourth-order valence-electron chi connectivity index (χ4n) is 3.20. The first-order valence-corrected chi connectivity index (χ1v) is 8.98. The summed E-state index contributed by atoms with van der Waals surface area (Å²) in [5, 5.41) is 15.6.